The highest BCUT2D eigenvalue weighted by Crippen LogP contribution is 2.22. The molecule has 154 valence electrons. The van der Waals surface area contributed by atoms with Crippen LogP contribution in [-0.2, 0) is 20.7 Å². The second-order valence-corrected chi connectivity index (χ2v) is 6.69. The number of benzene rings is 1. The Morgan fingerprint density at radius 3 is 2.97 bits per heavy atom. The molecule has 1 unspecified atom stereocenters. The number of carbonyl (C=O) groups is 2. The zero-order valence-electron chi connectivity index (χ0n) is 15.8. The molecule has 1 aromatic carbocycles. The highest BCUT2D eigenvalue weighted by molar-refractivity contribution is 6.43. The Kier molecular flexibility index (Phi) is 6.92. The van der Waals surface area contributed by atoms with Gasteiger partial charge >= 0.3 is 13.2 Å². The number of nitrogens with one attached hydrogen (secondary N) is 1. The molecule has 2 atom stereocenters. The molecule has 1 saturated heterocycles. The summed E-state index contributed by atoms with van der Waals surface area (Å²) in [6, 6.07) is 6.89. The Hall–Kier alpha value is -2.82. The Labute approximate surface area is 168 Å². The third-order valence-corrected chi connectivity index (χ3v) is 4.76. The van der Waals surface area contributed by atoms with Crippen molar-refractivity contribution in [3.05, 3.63) is 48.7 Å². The van der Waals surface area contributed by atoms with E-state index in [4.69, 9.17) is 13.9 Å². The van der Waals surface area contributed by atoms with Crippen LogP contribution in [0.4, 0.5) is 4.79 Å². The van der Waals surface area contributed by atoms with Crippen LogP contribution in [0.15, 0.2) is 47.6 Å². The van der Waals surface area contributed by atoms with E-state index in [0.717, 1.165) is 10.9 Å². The molecule has 1 fully saturated rings. The number of alkyl carbamates (subject to hydrolysis) is 1. The third kappa shape index (κ3) is 5.17. The van der Waals surface area contributed by atoms with Gasteiger partial charge in [0.15, 0.2) is 0 Å². The topological polar surface area (TPSA) is 121 Å². The molecule has 0 bridgehead atoms. The first kappa shape index (κ1) is 20.9. The predicted octanol–water partition coefficient (Wildman–Crippen LogP) is 0.495. The van der Waals surface area contributed by atoms with Crippen molar-refractivity contribution in [1.82, 2.24) is 10.2 Å². The maximum atomic E-state index is 12.2. The van der Waals surface area contributed by atoms with Gasteiger partial charge in [0.05, 0.1) is 31.5 Å². The summed E-state index contributed by atoms with van der Waals surface area (Å²) in [6.45, 7) is 4.40. The molecule has 2 heterocycles. The predicted molar refractivity (Wildman–Crippen MR) is 105 cm³/mol. The summed E-state index contributed by atoms with van der Waals surface area (Å²) < 4.78 is 16.0. The average Bonchev–Trinajstić information content (AvgIpc) is 3.14. The molecule has 1 aromatic heterocycles. The Balaban J connectivity index is 1.58. The molecular formula is C19H23BN2O7. The summed E-state index contributed by atoms with van der Waals surface area (Å²) >= 11 is 0. The second-order valence-electron chi connectivity index (χ2n) is 6.69. The van der Waals surface area contributed by atoms with Crippen LogP contribution < -0.4 is 5.32 Å². The van der Waals surface area contributed by atoms with E-state index in [2.05, 4.69) is 11.9 Å². The first-order valence-corrected chi connectivity index (χ1v) is 9.25. The minimum absolute atomic E-state index is 0.0890. The number of hydrogen-bond donors (Lipinski definition) is 3. The van der Waals surface area contributed by atoms with Gasteiger partial charge in [-0.1, -0.05) is 24.8 Å². The van der Waals surface area contributed by atoms with Gasteiger partial charge in [0, 0.05) is 11.9 Å². The zero-order chi connectivity index (χ0) is 20.8. The fourth-order valence-electron chi connectivity index (χ4n) is 3.22. The van der Waals surface area contributed by atoms with Gasteiger partial charge < -0.3 is 34.2 Å². The van der Waals surface area contributed by atoms with E-state index in [0.29, 0.717) is 18.7 Å². The highest BCUT2D eigenvalue weighted by atomic mass is 16.6. The molecule has 3 rings (SSSR count). The monoisotopic (exact) mass is 402 g/mol. The van der Waals surface area contributed by atoms with Gasteiger partial charge in [-0.25, -0.2) is 4.79 Å². The number of furan rings is 1. The second kappa shape index (κ2) is 9.59. The number of hydrogen-bond acceptors (Lipinski definition) is 7. The van der Waals surface area contributed by atoms with Gasteiger partial charge in [-0.15, -0.1) is 0 Å². The Morgan fingerprint density at radius 2 is 2.21 bits per heavy atom. The summed E-state index contributed by atoms with van der Waals surface area (Å²) in [5.41, 5.74) is 1.39. The Bertz CT molecular complexity index is 869. The van der Waals surface area contributed by atoms with Crippen molar-refractivity contribution in [1.29, 1.82) is 0 Å². The van der Waals surface area contributed by atoms with Crippen LogP contribution >= 0.6 is 0 Å². The largest absolute Gasteiger partial charge is 0.475 e. The van der Waals surface area contributed by atoms with Gasteiger partial charge in [0.25, 0.3) is 0 Å². The first-order valence-electron chi connectivity index (χ1n) is 9.25. The average molecular weight is 402 g/mol. The summed E-state index contributed by atoms with van der Waals surface area (Å²) in [7, 11) is -1.80. The van der Waals surface area contributed by atoms with Crippen molar-refractivity contribution in [2.75, 3.05) is 26.4 Å². The number of carbonyl (C=O) groups excluding carboxylic acids is 2. The van der Waals surface area contributed by atoms with Crippen molar-refractivity contribution in [3.63, 3.8) is 0 Å². The van der Waals surface area contributed by atoms with Gasteiger partial charge in [-0.05, 0) is 24.1 Å². The molecule has 9 nitrogen and oxygen atoms in total. The lowest BCUT2D eigenvalue weighted by molar-refractivity contribution is -0.136. The van der Waals surface area contributed by atoms with E-state index in [1.54, 1.807) is 6.07 Å². The summed E-state index contributed by atoms with van der Waals surface area (Å²) in [6.07, 6.45) is 2.03. The maximum Gasteiger partial charge on any atom is 0.475 e. The lowest BCUT2D eigenvalue weighted by Crippen LogP contribution is -2.52. The van der Waals surface area contributed by atoms with Gasteiger partial charge in [-0.2, -0.15) is 0 Å². The van der Waals surface area contributed by atoms with E-state index in [9.17, 15) is 19.6 Å². The van der Waals surface area contributed by atoms with Crippen LogP contribution in [0.3, 0.4) is 0 Å². The molecule has 2 aromatic rings. The summed E-state index contributed by atoms with van der Waals surface area (Å²) in [5, 5.41) is 22.6. The van der Waals surface area contributed by atoms with E-state index in [1.165, 1.54) is 17.2 Å². The third-order valence-electron chi connectivity index (χ3n) is 4.76. The fourth-order valence-corrected chi connectivity index (χ4v) is 3.22. The van der Waals surface area contributed by atoms with Gasteiger partial charge in [0.2, 0.25) is 5.91 Å². The van der Waals surface area contributed by atoms with E-state index >= 15 is 0 Å². The first-order chi connectivity index (χ1) is 14.0. The number of rotatable bonds is 7. The highest BCUT2D eigenvalue weighted by Gasteiger charge is 2.30. The minimum Gasteiger partial charge on any atom is -0.464 e. The summed E-state index contributed by atoms with van der Waals surface area (Å²) in [4.78, 5) is 25.6. The lowest BCUT2D eigenvalue weighted by Gasteiger charge is -2.34. The molecule has 0 aliphatic carbocycles. The van der Waals surface area contributed by atoms with Crippen molar-refractivity contribution >= 4 is 30.1 Å². The summed E-state index contributed by atoms with van der Waals surface area (Å²) in [5.74, 6) is -1.27. The van der Waals surface area contributed by atoms with Crippen molar-refractivity contribution in [3.8, 4) is 0 Å². The SMILES string of the molecule is C=CC(=O)N1CCOC[C@@H]1COC(=O)NC(Cc1coc2ccccc12)B(O)O. The van der Waals surface area contributed by atoms with Crippen molar-refractivity contribution < 1.29 is 33.5 Å². The van der Waals surface area contributed by atoms with Crippen molar-refractivity contribution in [2.24, 2.45) is 0 Å². The number of para-hydroxylation sites is 1. The quantitative estimate of drug-likeness (QED) is 0.455. The zero-order valence-corrected chi connectivity index (χ0v) is 15.8. The number of fused-ring (bicyclic) bond motifs is 1. The molecule has 3 N–H and O–H groups in total. The molecule has 0 spiro atoms. The van der Waals surface area contributed by atoms with E-state index < -0.39 is 25.2 Å². The van der Waals surface area contributed by atoms with E-state index in [-0.39, 0.29) is 25.5 Å². The van der Waals surface area contributed by atoms with E-state index in [1.807, 2.05) is 18.2 Å². The molecule has 29 heavy (non-hydrogen) atoms. The van der Waals surface area contributed by atoms with Crippen LogP contribution in [0.1, 0.15) is 5.56 Å². The van der Waals surface area contributed by atoms with Gasteiger partial charge in [0.1, 0.15) is 12.2 Å². The van der Waals surface area contributed by atoms with Crippen molar-refractivity contribution in [2.45, 2.75) is 18.4 Å². The fraction of sp³-hybridized carbons (Fsp3) is 0.368. The molecule has 10 heteroatoms. The number of ether oxygens (including phenoxy) is 2. The normalized spacial score (nSPS) is 17.6. The van der Waals surface area contributed by atoms with Crippen LogP contribution in [0.25, 0.3) is 11.0 Å². The Morgan fingerprint density at radius 1 is 1.41 bits per heavy atom. The van der Waals surface area contributed by atoms with Gasteiger partial charge in [-0.3, -0.25) is 4.79 Å². The molecular weight excluding hydrogens is 379 g/mol. The van der Waals surface area contributed by atoms with Crippen LogP contribution in [-0.4, -0.2) is 72.4 Å². The van der Waals surface area contributed by atoms with Crippen LogP contribution in [0, 0.1) is 0 Å². The molecule has 2 amide bonds. The smallest absolute Gasteiger partial charge is 0.464 e. The lowest BCUT2D eigenvalue weighted by atomic mass is 9.76. The maximum absolute atomic E-state index is 12.2. The minimum atomic E-state index is -1.80. The molecule has 1 aliphatic rings. The number of amides is 2. The molecule has 0 radical (unpaired) electrons. The van der Waals surface area contributed by atoms with Crippen LogP contribution in [0.2, 0.25) is 0 Å². The standard InChI is InChI=1S/C19H23BN2O7/c1-2-18(23)22-7-8-27-11-14(22)12-29-19(24)21-17(20(25)26)9-13-10-28-16-6-4-3-5-15(13)16/h2-6,10,14,17,25-26H,1,7-9,11-12H2,(H,21,24)/t14-,17?/m1/s1. The number of morpholine rings is 1. The van der Waals surface area contributed by atoms with Crippen LogP contribution in [0.5, 0.6) is 0 Å². The molecule has 1 aliphatic heterocycles. The molecule has 0 saturated carbocycles. The number of nitrogens with zero attached hydrogens (tertiary/aromatic N) is 1.